The summed E-state index contributed by atoms with van der Waals surface area (Å²) in [6.45, 7) is 5.73. The summed E-state index contributed by atoms with van der Waals surface area (Å²) in [5.74, 6) is 1.48. The van der Waals surface area contributed by atoms with E-state index in [9.17, 15) is 0 Å². The molecule has 0 aliphatic rings. The van der Waals surface area contributed by atoms with Gasteiger partial charge < -0.3 is 5.32 Å². The van der Waals surface area contributed by atoms with Crippen molar-refractivity contribution in [2.45, 2.75) is 32.6 Å². The van der Waals surface area contributed by atoms with Crippen LogP contribution in [0.15, 0.2) is 17.5 Å². The first-order chi connectivity index (χ1) is 6.79. The fourth-order valence-electron chi connectivity index (χ4n) is 1.96. The highest BCUT2D eigenvalue weighted by Crippen LogP contribution is 2.30. The van der Waals surface area contributed by atoms with Gasteiger partial charge in [0.1, 0.15) is 0 Å². The Hall–Kier alpha value is -0.340. The molecule has 14 heavy (non-hydrogen) atoms. The Bertz CT molecular complexity index is 230. The monoisotopic (exact) mass is 211 g/mol. The van der Waals surface area contributed by atoms with Gasteiger partial charge in [0.25, 0.3) is 0 Å². The van der Waals surface area contributed by atoms with Gasteiger partial charge in [0, 0.05) is 17.3 Å². The molecule has 0 radical (unpaired) electrons. The number of hydrogen-bond donors (Lipinski definition) is 1. The molecule has 0 spiro atoms. The first-order valence-electron chi connectivity index (χ1n) is 5.47. The third kappa shape index (κ3) is 3.10. The number of nitrogens with one attached hydrogen (secondary N) is 1. The highest BCUT2D eigenvalue weighted by molar-refractivity contribution is 7.10. The van der Waals surface area contributed by atoms with Crippen molar-refractivity contribution in [2.75, 3.05) is 13.6 Å². The zero-order valence-electron chi connectivity index (χ0n) is 9.42. The van der Waals surface area contributed by atoms with Crippen LogP contribution in [0.4, 0.5) is 0 Å². The average Bonchev–Trinajstić information content (AvgIpc) is 2.67. The number of likely N-dealkylation sites (N-methyl/N-ethyl adjacent to an activating group) is 1. The number of hydrogen-bond acceptors (Lipinski definition) is 2. The average molecular weight is 211 g/mol. The molecule has 0 saturated heterocycles. The Morgan fingerprint density at radius 3 is 2.79 bits per heavy atom. The van der Waals surface area contributed by atoms with Gasteiger partial charge in [0.05, 0.1) is 0 Å². The standard InChI is InChI=1S/C12H21NS/c1-4-6-10(2)11(9-13-3)12-7-5-8-14-12/h5,7-8,10-11,13H,4,6,9H2,1-3H3. The van der Waals surface area contributed by atoms with Crippen LogP contribution in [0.3, 0.4) is 0 Å². The summed E-state index contributed by atoms with van der Waals surface area (Å²) in [5, 5.41) is 5.48. The molecule has 1 nitrogen and oxygen atoms in total. The second kappa shape index (κ2) is 6.20. The molecule has 1 rings (SSSR count). The molecule has 0 amide bonds. The summed E-state index contributed by atoms with van der Waals surface area (Å²) in [5.41, 5.74) is 0. The first kappa shape index (κ1) is 11.7. The Labute approximate surface area is 91.5 Å². The molecule has 80 valence electrons. The summed E-state index contributed by atoms with van der Waals surface area (Å²) in [7, 11) is 2.04. The largest absolute Gasteiger partial charge is 0.319 e. The third-order valence-electron chi connectivity index (χ3n) is 2.76. The van der Waals surface area contributed by atoms with E-state index in [0.29, 0.717) is 5.92 Å². The minimum absolute atomic E-state index is 0.694. The lowest BCUT2D eigenvalue weighted by molar-refractivity contribution is 0.417. The molecular weight excluding hydrogens is 190 g/mol. The van der Waals surface area contributed by atoms with E-state index in [2.05, 4.69) is 36.7 Å². The summed E-state index contributed by atoms with van der Waals surface area (Å²) >= 11 is 1.89. The topological polar surface area (TPSA) is 12.0 Å². The van der Waals surface area contributed by atoms with Crippen LogP contribution in [0.5, 0.6) is 0 Å². The quantitative estimate of drug-likeness (QED) is 0.759. The molecule has 2 unspecified atom stereocenters. The molecule has 0 aliphatic heterocycles. The lowest BCUT2D eigenvalue weighted by atomic mass is 9.89. The zero-order valence-corrected chi connectivity index (χ0v) is 10.2. The van der Waals surface area contributed by atoms with Gasteiger partial charge in [-0.1, -0.05) is 32.8 Å². The van der Waals surface area contributed by atoms with Gasteiger partial charge in [-0.05, 0) is 24.4 Å². The van der Waals surface area contributed by atoms with Crippen LogP contribution >= 0.6 is 11.3 Å². The Kier molecular flexibility index (Phi) is 5.20. The second-order valence-corrected chi connectivity index (χ2v) is 4.92. The van der Waals surface area contributed by atoms with Crippen molar-refractivity contribution in [3.05, 3.63) is 22.4 Å². The summed E-state index contributed by atoms with van der Waals surface area (Å²) in [6.07, 6.45) is 2.61. The Morgan fingerprint density at radius 1 is 1.50 bits per heavy atom. The summed E-state index contributed by atoms with van der Waals surface area (Å²) in [6, 6.07) is 4.42. The van der Waals surface area contributed by atoms with Gasteiger partial charge in [0.15, 0.2) is 0 Å². The highest BCUT2D eigenvalue weighted by Gasteiger charge is 2.18. The van der Waals surface area contributed by atoms with E-state index < -0.39 is 0 Å². The molecule has 0 saturated carbocycles. The molecule has 1 aromatic heterocycles. The van der Waals surface area contributed by atoms with Gasteiger partial charge in [-0.15, -0.1) is 11.3 Å². The van der Waals surface area contributed by atoms with Crippen LogP contribution < -0.4 is 5.32 Å². The van der Waals surface area contributed by atoms with E-state index >= 15 is 0 Å². The van der Waals surface area contributed by atoms with E-state index in [0.717, 1.165) is 12.5 Å². The van der Waals surface area contributed by atoms with Crippen molar-refractivity contribution in [3.8, 4) is 0 Å². The van der Waals surface area contributed by atoms with Crippen LogP contribution in [0.2, 0.25) is 0 Å². The third-order valence-corrected chi connectivity index (χ3v) is 3.77. The molecule has 0 fully saturated rings. The first-order valence-corrected chi connectivity index (χ1v) is 6.35. The van der Waals surface area contributed by atoms with Gasteiger partial charge in [-0.3, -0.25) is 0 Å². The predicted molar refractivity (Wildman–Crippen MR) is 65.1 cm³/mol. The van der Waals surface area contributed by atoms with Crippen molar-refractivity contribution < 1.29 is 0 Å². The molecule has 1 aromatic rings. The van der Waals surface area contributed by atoms with E-state index in [1.165, 1.54) is 17.7 Å². The predicted octanol–water partition coefficient (Wildman–Crippen LogP) is 3.49. The van der Waals surface area contributed by atoms with E-state index in [-0.39, 0.29) is 0 Å². The smallest absolute Gasteiger partial charge is 0.00915 e. The summed E-state index contributed by atoms with van der Waals surface area (Å²) in [4.78, 5) is 1.53. The lowest BCUT2D eigenvalue weighted by Crippen LogP contribution is -2.22. The normalized spacial score (nSPS) is 15.4. The molecule has 0 bridgehead atoms. The molecule has 0 aliphatic carbocycles. The Morgan fingerprint density at radius 2 is 2.29 bits per heavy atom. The highest BCUT2D eigenvalue weighted by atomic mass is 32.1. The van der Waals surface area contributed by atoms with Crippen molar-refractivity contribution in [1.29, 1.82) is 0 Å². The number of rotatable bonds is 6. The van der Waals surface area contributed by atoms with Crippen LogP contribution in [-0.2, 0) is 0 Å². The molecule has 1 heterocycles. The van der Waals surface area contributed by atoms with E-state index in [1.54, 1.807) is 0 Å². The van der Waals surface area contributed by atoms with Gasteiger partial charge in [0.2, 0.25) is 0 Å². The van der Waals surface area contributed by atoms with Crippen molar-refractivity contribution in [3.63, 3.8) is 0 Å². The SMILES string of the molecule is CCCC(C)C(CNC)c1cccs1. The maximum absolute atomic E-state index is 3.30. The maximum Gasteiger partial charge on any atom is 0.00915 e. The van der Waals surface area contributed by atoms with Crippen molar-refractivity contribution in [2.24, 2.45) is 5.92 Å². The Balaban J connectivity index is 2.63. The van der Waals surface area contributed by atoms with E-state index in [4.69, 9.17) is 0 Å². The summed E-state index contributed by atoms with van der Waals surface area (Å²) < 4.78 is 0. The second-order valence-electron chi connectivity index (χ2n) is 3.95. The zero-order chi connectivity index (χ0) is 10.4. The number of thiophene rings is 1. The van der Waals surface area contributed by atoms with Gasteiger partial charge in [-0.2, -0.15) is 0 Å². The molecule has 2 atom stereocenters. The maximum atomic E-state index is 3.30. The molecule has 1 N–H and O–H groups in total. The fourth-order valence-corrected chi connectivity index (χ4v) is 2.92. The van der Waals surface area contributed by atoms with Gasteiger partial charge >= 0.3 is 0 Å². The van der Waals surface area contributed by atoms with Crippen molar-refractivity contribution in [1.82, 2.24) is 5.32 Å². The van der Waals surface area contributed by atoms with E-state index in [1.807, 2.05) is 18.4 Å². The van der Waals surface area contributed by atoms with Crippen molar-refractivity contribution >= 4 is 11.3 Å². The fraction of sp³-hybridized carbons (Fsp3) is 0.667. The molecule has 2 heteroatoms. The molecule has 0 aromatic carbocycles. The minimum Gasteiger partial charge on any atom is -0.319 e. The minimum atomic E-state index is 0.694. The van der Waals surface area contributed by atoms with Crippen LogP contribution in [0, 0.1) is 5.92 Å². The van der Waals surface area contributed by atoms with Crippen LogP contribution in [-0.4, -0.2) is 13.6 Å². The van der Waals surface area contributed by atoms with Crippen LogP contribution in [0.25, 0.3) is 0 Å². The molecular formula is C12H21NS. The lowest BCUT2D eigenvalue weighted by Gasteiger charge is -2.22. The van der Waals surface area contributed by atoms with Crippen LogP contribution in [0.1, 0.15) is 37.5 Å². The van der Waals surface area contributed by atoms with Gasteiger partial charge in [-0.25, -0.2) is 0 Å².